The summed E-state index contributed by atoms with van der Waals surface area (Å²) in [6.45, 7) is 8.71. The molecule has 3 nitrogen and oxygen atoms in total. The van der Waals surface area contributed by atoms with Crippen LogP contribution < -0.4 is 4.57 Å². The average Bonchev–Trinajstić information content (AvgIpc) is 3.32. The number of fused-ring (bicyclic) bond motifs is 3. The van der Waals surface area contributed by atoms with Gasteiger partial charge in [-0.3, -0.25) is 0 Å². The van der Waals surface area contributed by atoms with Crippen LogP contribution in [-0.4, -0.2) is 0 Å². The summed E-state index contributed by atoms with van der Waals surface area (Å²) >= 11 is 0. The van der Waals surface area contributed by atoms with Crippen molar-refractivity contribution in [2.45, 2.75) is 33.1 Å². The first kappa shape index (κ1) is 24.6. The Morgan fingerprint density at radius 2 is 1.36 bits per heavy atom. The molecule has 0 amide bonds. The van der Waals surface area contributed by atoms with Crippen LogP contribution in [0.2, 0.25) is 0 Å². The van der Waals surface area contributed by atoms with Gasteiger partial charge in [0.15, 0.2) is 6.20 Å². The molecule has 0 N–H and O–H groups in total. The minimum Gasteiger partial charge on any atom is -0.454 e. The van der Waals surface area contributed by atoms with Crippen molar-refractivity contribution in [1.82, 2.24) is 0 Å². The number of furan rings is 1. The molecule has 6 aromatic rings. The molecule has 0 saturated heterocycles. The molecule has 2 heterocycles. The third-order valence-electron chi connectivity index (χ3n) is 8.07. The van der Waals surface area contributed by atoms with E-state index < -0.39 is 0 Å². The van der Waals surface area contributed by atoms with Gasteiger partial charge in [0, 0.05) is 33.4 Å². The maximum atomic E-state index is 10.1. The van der Waals surface area contributed by atoms with Crippen molar-refractivity contribution >= 4 is 21.9 Å². The first-order chi connectivity index (χ1) is 18.8. The van der Waals surface area contributed by atoms with E-state index in [2.05, 4.69) is 124 Å². The van der Waals surface area contributed by atoms with Gasteiger partial charge in [-0.1, -0.05) is 80.6 Å². The van der Waals surface area contributed by atoms with E-state index in [9.17, 15) is 5.26 Å². The molecule has 0 fully saturated rings. The lowest BCUT2D eigenvalue weighted by Crippen LogP contribution is -2.31. The highest BCUT2D eigenvalue weighted by Gasteiger charge is 2.25. The highest BCUT2D eigenvalue weighted by atomic mass is 16.3. The summed E-state index contributed by atoms with van der Waals surface area (Å²) in [6, 6.07) is 34.1. The van der Waals surface area contributed by atoms with Crippen LogP contribution in [0, 0.1) is 25.2 Å². The minimum atomic E-state index is -0.140. The van der Waals surface area contributed by atoms with Gasteiger partial charge in [-0.15, -0.1) is 0 Å². The summed E-state index contributed by atoms with van der Waals surface area (Å²) in [5.41, 5.74) is 10.9. The largest absolute Gasteiger partial charge is 0.454 e. The lowest BCUT2D eigenvalue weighted by molar-refractivity contribution is -0.660. The molecule has 0 atom stereocenters. The standard InChI is InChI=1S/C36H31N2O/c1-23-11-20-31(38(5)22-23)32-24(2)12-18-29-30-19-15-26(21-37)33(35(30)39-34(29)32)25-13-16-28(17-14-25)36(3,4)27-9-7-6-8-10-27/h6-20,22H,1-5H3/q+1. The number of nitrogens with zero attached hydrogens (tertiary/aromatic N) is 2. The molecule has 0 aliphatic rings. The topological polar surface area (TPSA) is 40.8 Å². The number of pyridine rings is 1. The van der Waals surface area contributed by atoms with Crippen LogP contribution in [0.15, 0.2) is 102 Å². The van der Waals surface area contributed by atoms with Crippen LogP contribution in [0.1, 0.15) is 41.7 Å². The molecule has 190 valence electrons. The Morgan fingerprint density at radius 1 is 0.718 bits per heavy atom. The first-order valence-electron chi connectivity index (χ1n) is 13.3. The van der Waals surface area contributed by atoms with Gasteiger partial charge in [0.1, 0.15) is 18.2 Å². The zero-order chi connectivity index (χ0) is 27.3. The predicted molar refractivity (Wildman–Crippen MR) is 159 cm³/mol. The van der Waals surface area contributed by atoms with Crippen molar-refractivity contribution in [1.29, 1.82) is 5.26 Å². The second-order valence-corrected chi connectivity index (χ2v) is 11.0. The molecular formula is C36H31N2O+. The van der Waals surface area contributed by atoms with Gasteiger partial charge in [-0.05, 0) is 54.3 Å². The van der Waals surface area contributed by atoms with Crippen LogP contribution in [-0.2, 0) is 12.5 Å². The first-order valence-corrected chi connectivity index (χ1v) is 13.3. The molecule has 0 saturated carbocycles. The Hall–Kier alpha value is -4.68. The number of nitriles is 1. The SMILES string of the molecule is Cc1ccc(-c2c(C)ccc3c2oc2c(-c4ccc(C(C)(C)c5ccccc5)cc4)c(C#N)ccc23)[n+](C)c1. The Bertz CT molecular complexity index is 1900. The second kappa shape index (κ2) is 9.26. The molecule has 2 aromatic heterocycles. The van der Waals surface area contributed by atoms with E-state index in [1.54, 1.807) is 0 Å². The third-order valence-corrected chi connectivity index (χ3v) is 8.07. The molecule has 0 unspecified atom stereocenters. The molecule has 39 heavy (non-hydrogen) atoms. The molecule has 3 heteroatoms. The molecule has 0 aliphatic carbocycles. The summed E-state index contributed by atoms with van der Waals surface area (Å²) < 4.78 is 8.89. The number of hydrogen-bond acceptors (Lipinski definition) is 2. The zero-order valence-corrected chi connectivity index (χ0v) is 23.0. The van der Waals surface area contributed by atoms with Crippen molar-refractivity contribution in [3.05, 3.63) is 125 Å². The zero-order valence-electron chi connectivity index (χ0n) is 23.0. The van der Waals surface area contributed by atoms with E-state index in [-0.39, 0.29) is 5.41 Å². The summed E-state index contributed by atoms with van der Waals surface area (Å²) in [5.74, 6) is 0. The van der Waals surface area contributed by atoms with Gasteiger partial charge in [0.2, 0.25) is 5.69 Å². The van der Waals surface area contributed by atoms with Crippen LogP contribution in [0.3, 0.4) is 0 Å². The molecular weight excluding hydrogens is 476 g/mol. The van der Waals surface area contributed by atoms with Gasteiger partial charge in [-0.2, -0.15) is 5.26 Å². The van der Waals surface area contributed by atoms with Crippen LogP contribution in [0.4, 0.5) is 0 Å². The fourth-order valence-corrected chi connectivity index (χ4v) is 5.78. The number of aryl methyl sites for hydroxylation is 3. The normalized spacial score (nSPS) is 11.7. The third kappa shape index (κ3) is 4.01. The van der Waals surface area contributed by atoms with Gasteiger partial charge in [0.25, 0.3) is 0 Å². The van der Waals surface area contributed by atoms with E-state index in [0.29, 0.717) is 5.56 Å². The summed E-state index contributed by atoms with van der Waals surface area (Å²) in [4.78, 5) is 0. The fraction of sp³-hybridized carbons (Fsp3) is 0.167. The van der Waals surface area contributed by atoms with Crippen molar-refractivity contribution in [3.8, 4) is 28.5 Å². The molecule has 0 radical (unpaired) electrons. The number of hydrogen-bond donors (Lipinski definition) is 0. The van der Waals surface area contributed by atoms with Gasteiger partial charge in [-0.25, -0.2) is 4.57 Å². The van der Waals surface area contributed by atoms with Gasteiger partial charge >= 0.3 is 0 Å². The predicted octanol–water partition coefficient (Wildman–Crippen LogP) is 8.56. The Labute approximate surface area is 229 Å². The maximum absolute atomic E-state index is 10.1. The summed E-state index contributed by atoms with van der Waals surface area (Å²) in [5, 5.41) is 12.2. The fourth-order valence-electron chi connectivity index (χ4n) is 5.78. The van der Waals surface area contributed by atoms with Crippen LogP contribution >= 0.6 is 0 Å². The number of benzene rings is 4. The van der Waals surface area contributed by atoms with E-state index in [1.165, 1.54) is 16.7 Å². The smallest absolute Gasteiger partial charge is 0.216 e. The Morgan fingerprint density at radius 3 is 2.03 bits per heavy atom. The molecule has 0 aliphatic heterocycles. The van der Waals surface area contributed by atoms with Crippen molar-refractivity contribution < 1.29 is 8.98 Å². The van der Waals surface area contributed by atoms with Crippen molar-refractivity contribution in [2.24, 2.45) is 7.05 Å². The van der Waals surface area contributed by atoms with Gasteiger partial charge in [0.05, 0.1) is 17.2 Å². The van der Waals surface area contributed by atoms with Gasteiger partial charge < -0.3 is 4.42 Å². The highest BCUT2D eigenvalue weighted by molar-refractivity contribution is 6.14. The molecule has 0 bridgehead atoms. The van der Waals surface area contributed by atoms with E-state index >= 15 is 0 Å². The highest BCUT2D eigenvalue weighted by Crippen LogP contribution is 2.42. The molecule has 0 spiro atoms. The van der Waals surface area contributed by atoms with E-state index in [1.807, 2.05) is 18.2 Å². The van der Waals surface area contributed by atoms with Crippen LogP contribution in [0.25, 0.3) is 44.3 Å². The molecule has 4 aromatic carbocycles. The summed E-state index contributed by atoms with van der Waals surface area (Å²) in [7, 11) is 2.07. The maximum Gasteiger partial charge on any atom is 0.216 e. The second-order valence-electron chi connectivity index (χ2n) is 11.0. The number of aromatic nitrogens is 1. The van der Waals surface area contributed by atoms with E-state index in [0.717, 1.165) is 49.9 Å². The lowest BCUT2D eigenvalue weighted by atomic mass is 9.78. The Balaban J connectivity index is 1.56. The average molecular weight is 508 g/mol. The quantitative estimate of drug-likeness (QED) is 0.224. The molecule has 6 rings (SSSR count). The minimum absolute atomic E-state index is 0.140. The lowest BCUT2D eigenvalue weighted by Gasteiger charge is -2.26. The van der Waals surface area contributed by atoms with E-state index in [4.69, 9.17) is 4.42 Å². The Kier molecular flexibility index (Phi) is 5.85. The van der Waals surface area contributed by atoms with Crippen molar-refractivity contribution in [3.63, 3.8) is 0 Å². The summed E-state index contributed by atoms with van der Waals surface area (Å²) in [6.07, 6.45) is 2.13. The van der Waals surface area contributed by atoms with Crippen molar-refractivity contribution in [2.75, 3.05) is 0 Å². The monoisotopic (exact) mass is 507 g/mol. The van der Waals surface area contributed by atoms with Crippen LogP contribution in [0.5, 0.6) is 0 Å². The number of rotatable bonds is 4.